The van der Waals surface area contributed by atoms with Gasteiger partial charge in [0.1, 0.15) is 0 Å². The molecule has 4 fully saturated rings. The van der Waals surface area contributed by atoms with Gasteiger partial charge in [0, 0.05) is 37.2 Å². The molecule has 0 aliphatic heterocycles. The zero-order valence-electron chi connectivity index (χ0n) is 13.8. The molecule has 2 heteroatoms. The Morgan fingerprint density at radius 1 is 0.700 bits per heavy atom. The Bertz CT molecular complexity index is 364. The highest BCUT2D eigenvalue weighted by molar-refractivity contribution is 15.0. The summed E-state index contributed by atoms with van der Waals surface area (Å²) in [7, 11) is 0. The maximum Gasteiger partial charge on any atom is 0 e. The van der Waals surface area contributed by atoms with Crippen molar-refractivity contribution >= 4 is 37.2 Å². The average Bonchev–Trinajstić information content (AvgIpc) is 3.05. The summed E-state index contributed by atoms with van der Waals surface area (Å²) in [4.78, 5) is 0. The monoisotopic (exact) mass is 500 g/mol. The van der Waals surface area contributed by atoms with Crippen molar-refractivity contribution in [2.75, 3.05) is 0 Å². The van der Waals surface area contributed by atoms with E-state index in [0.717, 1.165) is 47.3 Å². The van der Waals surface area contributed by atoms with Crippen LogP contribution in [0.5, 0.6) is 0 Å². The summed E-state index contributed by atoms with van der Waals surface area (Å²) < 4.78 is 0. The van der Waals surface area contributed by atoms with Crippen molar-refractivity contribution in [2.45, 2.75) is 54.4 Å². The van der Waals surface area contributed by atoms with Crippen molar-refractivity contribution in [1.82, 2.24) is 0 Å². The lowest BCUT2D eigenvalue weighted by atomic mass is 9.50. The van der Waals surface area contributed by atoms with Gasteiger partial charge in [-0.1, -0.05) is 41.5 Å². The van der Waals surface area contributed by atoms with E-state index in [-0.39, 0.29) is 0 Å². The molecule has 4 aliphatic carbocycles. The van der Waals surface area contributed by atoms with E-state index < -0.39 is 0 Å². The Labute approximate surface area is 148 Å². The first-order valence-corrected chi connectivity index (χ1v) is 14.7. The molecule has 0 saturated heterocycles. The van der Waals surface area contributed by atoms with Crippen LogP contribution in [0.2, 0.25) is 0 Å². The molecular weight excluding hydrogens is 470 g/mol. The van der Waals surface area contributed by atoms with Crippen LogP contribution in [0.15, 0.2) is 0 Å². The fraction of sp³-hybridized carbons (Fsp3) is 1.00. The third-order valence-electron chi connectivity index (χ3n) is 9.11. The Morgan fingerprint density at radius 3 is 1.40 bits per heavy atom. The highest BCUT2D eigenvalue weighted by Gasteiger charge is 2.72. The smallest absolute Gasteiger partial charge is 0 e. The third kappa shape index (κ3) is 1.70. The first-order chi connectivity index (χ1) is 9.28. The maximum atomic E-state index is 2.58. The summed E-state index contributed by atoms with van der Waals surface area (Å²) in [5.41, 5.74) is 1.15. The number of hydrogen-bond acceptors (Lipinski definition) is 0. The minimum absolute atomic E-state index is 0.576. The van der Waals surface area contributed by atoms with Gasteiger partial charge in [-0.25, -0.2) is 0 Å². The molecule has 0 spiro atoms. The molecule has 0 aromatic heterocycles. The minimum Gasteiger partial charge on any atom is -0.0620 e. The third-order valence-corrected chi connectivity index (χ3v) is 9.11. The normalized spacial score (nSPS) is 56.4. The topological polar surface area (TPSA) is 0 Å². The van der Waals surface area contributed by atoms with Gasteiger partial charge in [-0.15, -0.1) is 0 Å². The molecule has 0 N–H and O–H groups in total. The minimum atomic E-state index is 0.576. The lowest BCUT2D eigenvalue weighted by Crippen LogP contribution is -2.50. The molecule has 4 rings (SSSR count). The van der Waals surface area contributed by atoms with Gasteiger partial charge in [0.2, 0.25) is 0 Å². The molecule has 0 heterocycles. The molecule has 8 unspecified atom stereocenters. The van der Waals surface area contributed by atoms with Crippen LogP contribution >= 0.6 is 37.2 Å². The Kier molecular flexibility index (Phi) is 4.06. The van der Waals surface area contributed by atoms with Crippen LogP contribution in [0.1, 0.15) is 54.4 Å². The summed E-state index contributed by atoms with van der Waals surface area (Å²) in [6, 6.07) is 0. The first kappa shape index (κ1) is 16.3. The van der Waals surface area contributed by atoms with E-state index in [9.17, 15) is 0 Å². The number of fused-ring (bicyclic) bond motifs is 9. The van der Waals surface area contributed by atoms with E-state index in [1.807, 2.05) is 0 Å². The molecule has 20 heavy (non-hydrogen) atoms. The highest BCUT2D eigenvalue weighted by Crippen LogP contribution is 2.78. The largest absolute Gasteiger partial charge is 0.0620 e. The van der Waals surface area contributed by atoms with Crippen LogP contribution in [0.3, 0.4) is 0 Å². The summed E-state index contributed by atoms with van der Waals surface area (Å²) in [6.45, 7) is 15.4. The second kappa shape index (κ2) is 4.98. The van der Waals surface area contributed by atoms with E-state index in [0.29, 0.717) is 10.8 Å². The quantitative estimate of drug-likeness (QED) is 0.259. The lowest BCUT2D eigenvalue weighted by molar-refractivity contribution is -0.0704. The molecule has 8 atom stereocenters. The second-order valence-electron chi connectivity index (χ2n) is 9.33. The van der Waals surface area contributed by atoms with Crippen LogP contribution in [0.25, 0.3) is 0 Å². The van der Waals surface area contributed by atoms with Crippen molar-refractivity contribution in [3.05, 3.63) is 0 Å². The molecule has 0 aromatic rings. The van der Waals surface area contributed by atoms with Gasteiger partial charge in [-0.2, -0.15) is 0 Å². The van der Waals surface area contributed by atoms with Crippen LogP contribution in [-0.2, 0) is 0 Å². The van der Waals surface area contributed by atoms with Gasteiger partial charge in [0.05, 0.1) is 0 Å². The molecule has 116 valence electrons. The van der Waals surface area contributed by atoms with Gasteiger partial charge in [0.15, 0.2) is 0 Å². The zero-order valence-corrected chi connectivity index (χ0v) is 18.1. The molecule has 0 amide bonds. The van der Waals surface area contributed by atoms with Gasteiger partial charge in [0.25, 0.3) is 0 Å². The number of hydrogen-bond donors (Lipinski definition) is 0. The van der Waals surface area contributed by atoms with Crippen molar-refractivity contribution < 1.29 is 0 Å². The number of halogens is 2. The number of rotatable bonds is 0. The van der Waals surface area contributed by atoms with Crippen LogP contribution in [0, 0.1) is 58.2 Å². The lowest BCUT2D eigenvalue weighted by Gasteiger charge is -2.55. The van der Waals surface area contributed by atoms with Gasteiger partial charge in [-0.3, -0.25) is 0 Å². The molecule has 0 radical (unpaired) electrons. The van der Waals surface area contributed by atoms with E-state index in [4.69, 9.17) is 0 Å². The van der Waals surface area contributed by atoms with Crippen molar-refractivity contribution in [3.8, 4) is 0 Å². The van der Waals surface area contributed by atoms with E-state index in [1.165, 1.54) is 0 Å². The fourth-order valence-corrected chi connectivity index (χ4v) is 7.34. The summed E-state index contributed by atoms with van der Waals surface area (Å²) in [6.07, 6.45) is 3.14. The summed E-state index contributed by atoms with van der Waals surface area (Å²) in [5.74, 6) is 8.47. The highest BCUT2D eigenvalue weighted by atomic mass is 128. The maximum absolute atomic E-state index is 2.58. The first-order valence-electron chi connectivity index (χ1n) is 8.42. The van der Waals surface area contributed by atoms with E-state index >= 15 is 0 Å². The molecule has 4 aliphatic rings. The van der Waals surface area contributed by atoms with E-state index in [1.54, 1.807) is 12.8 Å². The molecule has 4 bridgehead atoms. The molecule has 0 nitrogen and oxygen atoms in total. The fourth-order valence-electron chi connectivity index (χ4n) is 7.34. The Morgan fingerprint density at radius 2 is 1.05 bits per heavy atom. The molecule has 4 saturated carbocycles. The van der Waals surface area contributed by atoms with Crippen molar-refractivity contribution in [1.29, 1.82) is 0 Å². The van der Waals surface area contributed by atoms with Crippen molar-refractivity contribution in [3.63, 3.8) is 0 Å². The second-order valence-corrected chi connectivity index (χ2v) is 9.33. The average molecular weight is 500 g/mol. The SMILES string of the molecule is CC1C(C)C2CC1C1C2C2CC1C(C)(C)C2(C)C.II. The van der Waals surface area contributed by atoms with E-state index in [2.05, 4.69) is 78.8 Å². The van der Waals surface area contributed by atoms with Crippen molar-refractivity contribution in [2.24, 2.45) is 58.2 Å². The van der Waals surface area contributed by atoms with Gasteiger partial charge < -0.3 is 0 Å². The van der Waals surface area contributed by atoms with Crippen LogP contribution in [0.4, 0.5) is 0 Å². The predicted octanol–water partition coefficient (Wildman–Crippen LogP) is 6.61. The van der Waals surface area contributed by atoms with Gasteiger partial charge >= 0.3 is 0 Å². The molecule has 0 aromatic carbocycles. The zero-order chi connectivity index (χ0) is 15.0. The summed E-state index contributed by atoms with van der Waals surface area (Å²) >= 11 is 4.24. The Balaban J connectivity index is 0.000000581. The van der Waals surface area contributed by atoms with Gasteiger partial charge in [-0.05, 0) is 71.0 Å². The standard InChI is InChI=1S/C18H30.I2/c1-9-10(2)12-7-11(9)15-13-8-14(16(12)15)18(5,6)17(13,3)4;1-2/h9-16H,7-8H2,1-6H3;. The predicted molar refractivity (Wildman–Crippen MR) is 104 cm³/mol. The Hall–Kier alpha value is 1.46. The molecular formula is C18H30I2. The van der Waals surface area contributed by atoms with Crippen LogP contribution < -0.4 is 0 Å². The summed E-state index contributed by atoms with van der Waals surface area (Å²) in [5, 5.41) is 0. The van der Waals surface area contributed by atoms with Crippen LogP contribution in [-0.4, -0.2) is 0 Å².